The largest absolute Gasteiger partial charge is 0.469 e. The summed E-state index contributed by atoms with van der Waals surface area (Å²) in [6, 6.07) is 0. The van der Waals surface area contributed by atoms with Crippen molar-refractivity contribution in [3.8, 4) is 0 Å². The number of carbonyl (C=O) groups excluding carboxylic acids is 1. The van der Waals surface area contributed by atoms with Gasteiger partial charge in [-0.1, -0.05) is 136 Å². The molecule has 8 heteroatoms. The van der Waals surface area contributed by atoms with Crippen molar-refractivity contribution in [2.75, 3.05) is 19.8 Å². The van der Waals surface area contributed by atoms with Gasteiger partial charge >= 0.3 is 13.8 Å². The second-order valence-electron chi connectivity index (χ2n) is 10.4. The van der Waals surface area contributed by atoms with Gasteiger partial charge in [-0.25, -0.2) is 4.57 Å². The molecular formula is C29H59O7P. The lowest BCUT2D eigenvalue weighted by Crippen LogP contribution is -2.28. The molecule has 0 aromatic heterocycles. The molecule has 0 fully saturated rings. The molecule has 0 radical (unpaired) electrons. The maximum Gasteiger partial charge on any atom is 0.469 e. The van der Waals surface area contributed by atoms with Crippen molar-refractivity contribution in [2.45, 2.75) is 161 Å². The average Bonchev–Trinajstić information content (AvgIpc) is 2.85. The van der Waals surface area contributed by atoms with E-state index in [1.54, 1.807) is 0 Å². The standard InChI is InChI=1S/C29H59O7P/c1-3-5-7-9-11-13-15-16-18-20-22-24-29(30)36-28(27-35-37(31,32)33)26-34-25-23-21-19-17-14-12-10-8-6-4-2/h28H,3-27H2,1-2H3,(H2,31,32,33). The smallest absolute Gasteiger partial charge is 0.457 e. The van der Waals surface area contributed by atoms with Gasteiger partial charge in [-0.05, 0) is 12.8 Å². The van der Waals surface area contributed by atoms with E-state index in [1.165, 1.54) is 103 Å². The molecule has 1 unspecified atom stereocenters. The van der Waals surface area contributed by atoms with E-state index in [0.717, 1.165) is 32.1 Å². The zero-order valence-corrected chi connectivity index (χ0v) is 25.0. The Morgan fingerprint density at radius 1 is 0.622 bits per heavy atom. The van der Waals surface area contributed by atoms with E-state index < -0.39 is 13.9 Å². The molecule has 0 bridgehead atoms. The van der Waals surface area contributed by atoms with Crippen LogP contribution in [0, 0.1) is 0 Å². The molecule has 0 aromatic rings. The topological polar surface area (TPSA) is 102 Å². The lowest BCUT2D eigenvalue weighted by molar-refractivity contribution is -0.154. The molecule has 0 amide bonds. The van der Waals surface area contributed by atoms with Gasteiger partial charge in [-0.15, -0.1) is 0 Å². The molecule has 0 rings (SSSR count). The first kappa shape index (κ1) is 36.5. The molecule has 0 heterocycles. The highest BCUT2D eigenvalue weighted by atomic mass is 31.2. The molecule has 222 valence electrons. The van der Waals surface area contributed by atoms with Crippen molar-refractivity contribution in [1.82, 2.24) is 0 Å². The number of rotatable bonds is 29. The second-order valence-corrected chi connectivity index (χ2v) is 11.7. The van der Waals surface area contributed by atoms with Gasteiger partial charge in [0.25, 0.3) is 0 Å². The van der Waals surface area contributed by atoms with Gasteiger partial charge in [0.1, 0.15) is 6.10 Å². The highest BCUT2D eigenvalue weighted by Gasteiger charge is 2.21. The van der Waals surface area contributed by atoms with Gasteiger partial charge in [0.05, 0.1) is 13.2 Å². The van der Waals surface area contributed by atoms with Crippen molar-refractivity contribution < 1.29 is 33.1 Å². The van der Waals surface area contributed by atoms with Gasteiger partial charge < -0.3 is 19.3 Å². The van der Waals surface area contributed by atoms with Gasteiger partial charge in [0.15, 0.2) is 0 Å². The zero-order chi connectivity index (χ0) is 27.5. The summed E-state index contributed by atoms with van der Waals surface area (Å²) in [5, 5.41) is 0. The SMILES string of the molecule is CCCCCCCCCCCCCC(=O)OC(COCCCCCCCCCCCC)COP(=O)(O)O. The summed E-state index contributed by atoms with van der Waals surface area (Å²) in [4.78, 5) is 30.2. The van der Waals surface area contributed by atoms with Crippen molar-refractivity contribution >= 4 is 13.8 Å². The van der Waals surface area contributed by atoms with E-state index in [9.17, 15) is 9.36 Å². The fraction of sp³-hybridized carbons (Fsp3) is 0.966. The molecule has 0 aliphatic carbocycles. The summed E-state index contributed by atoms with van der Waals surface area (Å²) in [5.41, 5.74) is 0. The van der Waals surface area contributed by atoms with Crippen molar-refractivity contribution in [1.29, 1.82) is 0 Å². The van der Waals surface area contributed by atoms with Crippen LogP contribution in [0.25, 0.3) is 0 Å². The van der Waals surface area contributed by atoms with Crippen LogP contribution in [0.3, 0.4) is 0 Å². The van der Waals surface area contributed by atoms with Crippen LogP contribution in [0.5, 0.6) is 0 Å². The Balaban J connectivity index is 3.88. The number of hydrogen-bond donors (Lipinski definition) is 2. The third kappa shape index (κ3) is 29.9. The molecule has 0 aliphatic rings. The van der Waals surface area contributed by atoms with Crippen LogP contribution >= 0.6 is 7.82 Å². The predicted molar refractivity (Wildman–Crippen MR) is 152 cm³/mol. The van der Waals surface area contributed by atoms with E-state index in [1.807, 2.05) is 0 Å². The molecule has 2 N–H and O–H groups in total. The molecule has 1 atom stereocenters. The number of phosphoric acid groups is 1. The van der Waals surface area contributed by atoms with Gasteiger partial charge in [0.2, 0.25) is 0 Å². The number of ether oxygens (including phenoxy) is 2. The maximum absolute atomic E-state index is 12.2. The Labute approximate surface area is 228 Å². The normalized spacial score (nSPS) is 12.6. The molecule has 0 saturated carbocycles. The number of hydrogen-bond acceptors (Lipinski definition) is 5. The van der Waals surface area contributed by atoms with Crippen molar-refractivity contribution in [3.05, 3.63) is 0 Å². The van der Waals surface area contributed by atoms with Crippen molar-refractivity contribution in [2.24, 2.45) is 0 Å². The molecule has 0 aliphatic heterocycles. The Hall–Kier alpha value is -0.460. The van der Waals surface area contributed by atoms with Crippen LogP contribution in [0.1, 0.15) is 155 Å². The molecule has 7 nitrogen and oxygen atoms in total. The Kier molecular flexibility index (Phi) is 26.8. The van der Waals surface area contributed by atoms with Crippen LogP contribution in [0.15, 0.2) is 0 Å². The molecule has 0 spiro atoms. The third-order valence-corrected chi connectivity index (χ3v) is 7.14. The van der Waals surface area contributed by atoms with E-state index in [4.69, 9.17) is 19.3 Å². The quantitative estimate of drug-likeness (QED) is 0.0546. The summed E-state index contributed by atoms with van der Waals surface area (Å²) >= 11 is 0. The monoisotopic (exact) mass is 550 g/mol. The van der Waals surface area contributed by atoms with Crippen LogP contribution in [-0.2, 0) is 23.4 Å². The number of carbonyl (C=O) groups is 1. The molecular weight excluding hydrogens is 491 g/mol. The van der Waals surface area contributed by atoms with Crippen LogP contribution in [0.4, 0.5) is 0 Å². The Morgan fingerprint density at radius 2 is 1.03 bits per heavy atom. The fourth-order valence-electron chi connectivity index (χ4n) is 4.38. The fourth-order valence-corrected chi connectivity index (χ4v) is 4.74. The first-order chi connectivity index (χ1) is 17.9. The number of esters is 1. The zero-order valence-electron chi connectivity index (χ0n) is 24.1. The lowest BCUT2D eigenvalue weighted by atomic mass is 10.1. The minimum Gasteiger partial charge on any atom is -0.457 e. The minimum atomic E-state index is -4.63. The van der Waals surface area contributed by atoms with E-state index in [0.29, 0.717) is 13.0 Å². The Morgan fingerprint density at radius 3 is 1.46 bits per heavy atom. The molecule has 37 heavy (non-hydrogen) atoms. The van der Waals surface area contributed by atoms with Crippen LogP contribution in [-0.4, -0.2) is 41.7 Å². The van der Waals surface area contributed by atoms with Gasteiger partial charge in [-0.2, -0.15) is 0 Å². The maximum atomic E-state index is 12.2. The summed E-state index contributed by atoms with van der Waals surface area (Å²) in [7, 11) is -4.63. The van der Waals surface area contributed by atoms with E-state index >= 15 is 0 Å². The summed E-state index contributed by atoms with van der Waals surface area (Å²) in [5.74, 6) is -0.363. The van der Waals surface area contributed by atoms with Gasteiger partial charge in [0, 0.05) is 13.0 Å². The van der Waals surface area contributed by atoms with Crippen molar-refractivity contribution in [3.63, 3.8) is 0 Å². The average molecular weight is 551 g/mol. The Bertz CT molecular complexity index is 538. The first-order valence-corrected chi connectivity index (χ1v) is 16.9. The first-order valence-electron chi connectivity index (χ1n) is 15.4. The second kappa shape index (κ2) is 27.1. The number of unbranched alkanes of at least 4 members (excludes halogenated alkanes) is 19. The van der Waals surface area contributed by atoms with E-state index in [-0.39, 0.29) is 19.2 Å². The third-order valence-electron chi connectivity index (χ3n) is 6.66. The molecule has 0 aromatic carbocycles. The van der Waals surface area contributed by atoms with Crippen LogP contribution < -0.4 is 0 Å². The lowest BCUT2D eigenvalue weighted by Gasteiger charge is -2.18. The van der Waals surface area contributed by atoms with E-state index in [2.05, 4.69) is 18.4 Å². The summed E-state index contributed by atoms with van der Waals surface area (Å²) in [6.45, 7) is 4.73. The highest BCUT2D eigenvalue weighted by molar-refractivity contribution is 7.46. The van der Waals surface area contributed by atoms with Gasteiger partial charge in [-0.3, -0.25) is 9.32 Å². The van der Waals surface area contributed by atoms with Crippen LogP contribution in [0.2, 0.25) is 0 Å². The summed E-state index contributed by atoms with van der Waals surface area (Å²) < 4.78 is 26.7. The predicted octanol–water partition coefficient (Wildman–Crippen LogP) is 8.65. The minimum absolute atomic E-state index is 0.0847. The molecule has 0 saturated heterocycles. The highest BCUT2D eigenvalue weighted by Crippen LogP contribution is 2.35. The summed E-state index contributed by atoms with van der Waals surface area (Å²) in [6.07, 6.45) is 25.2. The number of phosphoric ester groups is 1.